The van der Waals surface area contributed by atoms with Crippen LogP contribution in [0.25, 0.3) is 0 Å². The van der Waals surface area contributed by atoms with E-state index in [-0.39, 0.29) is 51.4 Å². The maximum atomic E-state index is 9.55. The van der Waals surface area contributed by atoms with Crippen LogP contribution in [0.4, 0.5) is 0 Å². The van der Waals surface area contributed by atoms with Gasteiger partial charge in [0.1, 0.15) is 0 Å². The van der Waals surface area contributed by atoms with Crippen molar-refractivity contribution in [2.75, 3.05) is 0 Å². The Morgan fingerprint density at radius 3 is 1.17 bits per heavy atom. The molecule has 6 heteroatoms. The van der Waals surface area contributed by atoms with Gasteiger partial charge in [-0.25, -0.2) is 0 Å². The molecule has 0 aliphatic heterocycles. The quantitative estimate of drug-likeness (QED) is 0.273. The van der Waals surface area contributed by atoms with Crippen LogP contribution in [0, 0.1) is 0 Å². The molecule has 0 fully saturated rings. The Hall–Kier alpha value is 1.75. The molecule has 0 aliphatic rings. The van der Waals surface area contributed by atoms with Crippen molar-refractivity contribution in [2.24, 2.45) is 16.5 Å². The standard InChI is InChI=1S/K.H6N3OP.H/c;1-5(2,3)4;/h;(H6,1,2,3,4);. The van der Waals surface area contributed by atoms with Gasteiger partial charge in [0, 0.05) is 0 Å². The second-order valence-corrected chi connectivity index (χ2v) is 2.29. The SMILES string of the molecule is NP(N)(N)=O.[KH]. The van der Waals surface area contributed by atoms with Gasteiger partial charge in [-0.3, -0.25) is 21.1 Å². The average Bonchev–Trinajstić information content (AvgIpc) is 0.722. The molecule has 4 nitrogen and oxygen atoms in total. The van der Waals surface area contributed by atoms with Crippen molar-refractivity contribution in [2.45, 2.75) is 0 Å². The molecule has 0 saturated heterocycles. The first-order chi connectivity index (χ1) is 2.00. The Bertz CT molecular complexity index is 56.9. The van der Waals surface area contributed by atoms with Crippen molar-refractivity contribution in [3.05, 3.63) is 0 Å². The maximum absolute atomic E-state index is 9.55. The third-order valence-electron chi connectivity index (χ3n) is 0. The van der Waals surface area contributed by atoms with E-state index in [4.69, 9.17) is 0 Å². The van der Waals surface area contributed by atoms with Crippen LogP contribution >= 0.6 is 7.59 Å². The third-order valence-corrected chi connectivity index (χ3v) is 0. The molecule has 0 radical (unpaired) electrons. The van der Waals surface area contributed by atoms with Crippen molar-refractivity contribution in [1.29, 1.82) is 0 Å². The first kappa shape index (κ1) is 10.7. The van der Waals surface area contributed by atoms with Crippen molar-refractivity contribution in [3.8, 4) is 0 Å². The zero-order chi connectivity index (χ0) is 4.50. The Balaban J connectivity index is 0. The summed E-state index contributed by atoms with van der Waals surface area (Å²) in [4.78, 5) is 0. The molecule has 0 aromatic heterocycles. The van der Waals surface area contributed by atoms with Crippen molar-refractivity contribution in [3.63, 3.8) is 0 Å². The molecule has 0 amide bonds. The van der Waals surface area contributed by atoms with Crippen molar-refractivity contribution >= 4 is 59.0 Å². The van der Waals surface area contributed by atoms with E-state index in [1.807, 2.05) is 0 Å². The molecule has 0 unspecified atom stereocenters. The van der Waals surface area contributed by atoms with E-state index >= 15 is 0 Å². The Kier molecular flexibility index (Phi) is 6.61. The average molecular weight is 135 g/mol. The summed E-state index contributed by atoms with van der Waals surface area (Å²) in [6.07, 6.45) is 0. The van der Waals surface area contributed by atoms with E-state index in [1.165, 1.54) is 0 Å². The molecule has 34 valence electrons. The zero-order valence-electron chi connectivity index (χ0n) is 2.59. The van der Waals surface area contributed by atoms with Crippen LogP contribution in [0.5, 0.6) is 0 Å². The van der Waals surface area contributed by atoms with Gasteiger partial charge in [-0.15, -0.1) is 0 Å². The van der Waals surface area contributed by atoms with Gasteiger partial charge >= 0.3 is 51.4 Å². The minimum absolute atomic E-state index is 0. The first-order valence-corrected chi connectivity index (χ1v) is 2.87. The van der Waals surface area contributed by atoms with Crippen molar-refractivity contribution in [1.82, 2.24) is 0 Å². The molecule has 0 spiro atoms. The Morgan fingerprint density at radius 1 is 1.17 bits per heavy atom. The summed E-state index contributed by atoms with van der Waals surface area (Å²) in [5, 5.41) is 0. The molecule has 6 N–H and O–H groups in total. The van der Waals surface area contributed by atoms with E-state index in [2.05, 4.69) is 16.5 Å². The fourth-order valence-electron chi connectivity index (χ4n) is 0. The summed E-state index contributed by atoms with van der Waals surface area (Å²) < 4.78 is 9.55. The van der Waals surface area contributed by atoms with Crippen LogP contribution in [0.1, 0.15) is 0 Å². The number of nitrogens with two attached hydrogens (primary N) is 3. The second kappa shape index (κ2) is 3.71. The number of rotatable bonds is 0. The predicted molar refractivity (Wildman–Crippen MR) is 27.3 cm³/mol. The van der Waals surface area contributed by atoms with Crippen molar-refractivity contribution < 1.29 is 4.57 Å². The molecule has 0 aromatic carbocycles. The molecule has 0 saturated carbocycles. The van der Waals surface area contributed by atoms with E-state index in [9.17, 15) is 4.57 Å². The van der Waals surface area contributed by atoms with Gasteiger partial charge in [0.25, 0.3) is 7.59 Å². The fourth-order valence-corrected chi connectivity index (χ4v) is 0. The Labute approximate surface area is 78.8 Å². The molecule has 0 aromatic rings. The van der Waals surface area contributed by atoms with Gasteiger partial charge in [-0.2, -0.15) is 0 Å². The topological polar surface area (TPSA) is 95.1 Å². The molecule has 0 rings (SSSR count). The van der Waals surface area contributed by atoms with Gasteiger partial charge < -0.3 is 0 Å². The molecule has 0 aliphatic carbocycles. The number of hydrogen-bond donors (Lipinski definition) is 3. The molecule has 0 bridgehead atoms. The van der Waals surface area contributed by atoms with E-state index < -0.39 is 7.59 Å². The monoisotopic (exact) mass is 135 g/mol. The summed E-state index contributed by atoms with van der Waals surface area (Å²) in [5.41, 5.74) is 13.4. The Morgan fingerprint density at radius 2 is 1.17 bits per heavy atom. The predicted octanol–water partition coefficient (Wildman–Crippen LogP) is -1.68. The van der Waals surface area contributed by atoms with E-state index in [0.29, 0.717) is 0 Å². The summed E-state index contributed by atoms with van der Waals surface area (Å²) in [5.74, 6) is 0. The summed E-state index contributed by atoms with van der Waals surface area (Å²) in [6, 6.07) is 0. The number of hydrogen-bond acceptors (Lipinski definition) is 1. The molecule has 6 heavy (non-hydrogen) atoms. The zero-order valence-corrected chi connectivity index (χ0v) is 3.48. The second-order valence-electron chi connectivity index (χ2n) is 0.763. The summed E-state index contributed by atoms with van der Waals surface area (Å²) in [7, 11) is -3.14. The van der Waals surface area contributed by atoms with Gasteiger partial charge in [-0.1, -0.05) is 0 Å². The van der Waals surface area contributed by atoms with Gasteiger partial charge in [0.15, 0.2) is 0 Å². The normalized spacial score (nSPS) is 9.83. The van der Waals surface area contributed by atoms with Crippen LogP contribution in [0.15, 0.2) is 0 Å². The van der Waals surface area contributed by atoms with Crippen LogP contribution in [-0.2, 0) is 4.57 Å². The molecule has 0 atom stereocenters. The van der Waals surface area contributed by atoms with Crippen LogP contribution in [0.2, 0.25) is 0 Å². The van der Waals surface area contributed by atoms with Crippen LogP contribution in [-0.4, -0.2) is 51.4 Å². The van der Waals surface area contributed by atoms with Gasteiger partial charge in [0.05, 0.1) is 0 Å². The molecular weight excluding hydrogens is 128 g/mol. The molecule has 0 heterocycles. The van der Waals surface area contributed by atoms with Gasteiger partial charge in [-0.05, 0) is 0 Å². The summed E-state index contributed by atoms with van der Waals surface area (Å²) >= 11 is 0. The van der Waals surface area contributed by atoms with Gasteiger partial charge in [0.2, 0.25) is 0 Å². The van der Waals surface area contributed by atoms with Crippen LogP contribution in [0.3, 0.4) is 0 Å². The van der Waals surface area contributed by atoms with Crippen LogP contribution < -0.4 is 16.5 Å². The van der Waals surface area contributed by atoms with E-state index in [1.54, 1.807) is 0 Å². The first-order valence-electron chi connectivity index (χ1n) is 0.957. The van der Waals surface area contributed by atoms with E-state index in [0.717, 1.165) is 0 Å². The summed E-state index contributed by atoms with van der Waals surface area (Å²) in [6.45, 7) is 0. The fraction of sp³-hybridized carbons (Fsp3) is 0. The third kappa shape index (κ3) is 42.4. The minimum atomic E-state index is -3.14. The molecular formula is H7KN3OP.